The summed E-state index contributed by atoms with van der Waals surface area (Å²) in [7, 11) is 1.87. The molecular formula is C18H19NOS2. The van der Waals surface area contributed by atoms with Crippen molar-refractivity contribution in [2.75, 3.05) is 7.05 Å². The van der Waals surface area contributed by atoms with Gasteiger partial charge in [0.25, 0.3) is 5.91 Å². The van der Waals surface area contributed by atoms with E-state index < -0.39 is 0 Å². The zero-order valence-corrected chi connectivity index (χ0v) is 14.7. The van der Waals surface area contributed by atoms with Crippen LogP contribution in [0.25, 0.3) is 6.08 Å². The van der Waals surface area contributed by atoms with Crippen molar-refractivity contribution in [2.45, 2.75) is 26.1 Å². The van der Waals surface area contributed by atoms with E-state index >= 15 is 0 Å². The maximum Gasteiger partial charge on any atom is 0.260 e. The summed E-state index contributed by atoms with van der Waals surface area (Å²) in [6.45, 7) is 4.97. The number of aryl methyl sites for hydroxylation is 1. The summed E-state index contributed by atoms with van der Waals surface area (Å²) < 4.78 is 0. The maximum atomic E-state index is 12.6. The molecule has 0 saturated carbocycles. The first-order valence-electron chi connectivity index (χ1n) is 7.29. The molecule has 22 heavy (non-hydrogen) atoms. The molecule has 0 N–H and O–H groups in total. The standard InChI is InChI=1S/C18H19NOS2/c1-12-13(2)22-16-9-17(21-11-15(12)16)18(20)19(3)10-14-7-5-4-6-8-14/h4-9H,10-11H2,1-3H3. The van der Waals surface area contributed by atoms with Gasteiger partial charge in [0, 0.05) is 29.1 Å². The highest BCUT2D eigenvalue weighted by molar-refractivity contribution is 8.03. The average molecular weight is 329 g/mol. The van der Waals surface area contributed by atoms with Crippen LogP contribution in [0.3, 0.4) is 0 Å². The molecule has 0 unspecified atom stereocenters. The maximum absolute atomic E-state index is 12.6. The van der Waals surface area contributed by atoms with E-state index in [4.69, 9.17) is 0 Å². The van der Waals surface area contributed by atoms with Gasteiger partial charge in [0.1, 0.15) is 0 Å². The third kappa shape index (κ3) is 2.99. The van der Waals surface area contributed by atoms with Gasteiger partial charge in [-0.3, -0.25) is 4.79 Å². The molecule has 2 aromatic rings. The molecule has 1 aliphatic heterocycles. The molecule has 1 aromatic heterocycles. The van der Waals surface area contributed by atoms with Gasteiger partial charge < -0.3 is 4.90 Å². The van der Waals surface area contributed by atoms with Crippen molar-refractivity contribution >= 4 is 35.1 Å². The highest BCUT2D eigenvalue weighted by Gasteiger charge is 2.23. The van der Waals surface area contributed by atoms with Crippen LogP contribution < -0.4 is 0 Å². The van der Waals surface area contributed by atoms with Crippen molar-refractivity contribution in [3.63, 3.8) is 0 Å². The SMILES string of the molecule is Cc1sc2c(c1C)CSC(C(=O)N(C)Cc1ccccc1)=C2. The molecule has 1 amide bonds. The molecule has 0 radical (unpaired) electrons. The Hall–Kier alpha value is -1.52. The predicted molar refractivity (Wildman–Crippen MR) is 96.0 cm³/mol. The summed E-state index contributed by atoms with van der Waals surface area (Å²) in [6.07, 6.45) is 2.07. The monoisotopic (exact) mass is 329 g/mol. The van der Waals surface area contributed by atoms with Gasteiger partial charge in [-0.1, -0.05) is 30.3 Å². The first kappa shape index (κ1) is 15.4. The van der Waals surface area contributed by atoms with Gasteiger partial charge in [-0.2, -0.15) is 0 Å². The summed E-state index contributed by atoms with van der Waals surface area (Å²) in [4.78, 5) is 17.9. The Labute approximate surface area is 139 Å². The molecule has 0 saturated heterocycles. The molecular weight excluding hydrogens is 310 g/mol. The van der Waals surface area contributed by atoms with Crippen LogP contribution in [-0.4, -0.2) is 17.9 Å². The van der Waals surface area contributed by atoms with E-state index in [1.54, 1.807) is 28.0 Å². The molecule has 0 aliphatic carbocycles. The fraction of sp³-hybridized carbons (Fsp3) is 0.278. The number of fused-ring (bicyclic) bond motifs is 1. The van der Waals surface area contributed by atoms with Crippen molar-refractivity contribution in [3.8, 4) is 0 Å². The van der Waals surface area contributed by atoms with E-state index in [0.29, 0.717) is 6.54 Å². The molecule has 0 fully saturated rings. The molecule has 1 aromatic carbocycles. The van der Waals surface area contributed by atoms with Crippen LogP contribution in [0.4, 0.5) is 0 Å². The van der Waals surface area contributed by atoms with Crippen molar-refractivity contribution in [1.29, 1.82) is 0 Å². The zero-order valence-electron chi connectivity index (χ0n) is 13.1. The van der Waals surface area contributed by atoms with Crippen molar-refractivity contribution < 1.29 is 4.79 Å². The van der Waals surface area contributed by atoms with Crippen LogP contribution >= 0.6 is 23.1 Å². The van der Waals surface area contributed by atoms with Gasteiger partial charge >= 0.3 is 0 Å². The van der Waals surface area contributed by atoms with Crippen LogP contribution in [0.2, 0.25) is 0 Å². The van der Waals surface area contributed by atoms with Crippen LogP contribution in [0.5, 0.6) is 0 Å². The molecule has 114 valence electrons. The van der Waals surface area contributed by atoms with Crippen LogP contribution in [0.1, 0.15) is 26.4 Å². The number of carbonyl (C=O) groups is 1. The van der Waals surface area contributed by atoms with Crippen LogP contribution in [0, 0.1) is 13.8 Å². The first-order valence-corrected chi connectivity index (χ1v) is 9.09. The van der Waals surface area contributed by atoms with E-state index in [0.717, 1.165) is 16.2 Å². The third-order valence-electron chi connectivity index (χ3n) is 4.00. The van der Waals surface area contributed by atoms with Crippen molar-refractivity contribution in [2.24, 2.45) is 0 Å². The van der Waals surface area contributed by atoms with E-state index in [-0.39, 0.29) is 5.91 Å². The normalized spacial score (nSPS) is 13.5. The van der Waals surface area contributed by atoms with Gasteiger partial charge in [-0.05, 0) is 36.6 Å². The van der Waals surface area contributed by atoms with Crippen molar-refractivity contribution in [3.05, 3.63) is 61.7 Å². The van der Waals surface area contributed by atoms with Crippen LogP contribution in [0.15, 0.2) is 35.2 Å². The highest BCUT2D eigenvalue weighted by Crippen LogP contribution is 2.39. The number of carbonyl (C=O) groups excluding carboxylic acids is 1. The third-order valence-corrected chi connectivity index (χ3v) is 6.23. The molecule has 3 rings (SSSR count). The lowest BCUT2D eigenvalue weighted by Gasteiger charge is -2.21. The summed E-state index contributed by atoms with van der Waals surface area (Å²) in [6, 6.07) is 10.1. The number of rotatable bonds is 3. The van der Waals surface area contributed by atoms with Crippen molar-refractivity contribution in [1.82, 2.24) is 4.90 Å². The van der Waals surface area contributed by atoms with E-state index in [2.05, 4.69) is 32.1 Å². The molecule has 2 nitrogen and oxygen atoms in total. The number of likely N-dealkylation sites (N-methyl/N-ethyl adjacent to an activating group) is 1. The summed E-state index contributed by atoms with van der Waals surface area (Å²) in [5.41, 5.74) is 3.94. The average Bonchev–Trinajstić information content (AvgIpc) is 2.81. The second-order valence-corrected chi connectivity index (χ2v) is 7.84. The van der Waals surface area contributed by atoms with Gasteiger partial charge in [-0.15, -0.1) is 23.1 Å². The Balaban J connectivity index is 1.78. The molecule has 2 heterocycles. The molecule has 0 spiro atoms. The lowest BCUT2D eigenvalue weighted by molar-refractivity contribution is -0.125. The number of hydrogen-bond acceptors (Lipinski definition) is 3. The summed E-state index contributed by atoms with van der Waals surface area (Å²) in [5.74, 6) is 1.02. The van der Waals surface area contributed by atoms with Gasteiger partial charge in [0.05, 0.1) is 4.91 Å². The number of thiophene rings is 1. The molecule has 1 aliphatic rings. The van der Waals surface area contributed by atoms with E-state index in [1.165, 1.54) is 20.9 Å². The smallest absolute Gasteiger partial charge is 0.260 e. The van der Waals surface area contributed by atoms with Gasteiger partial charge in [0.15, 0.2) is 0 Å². The second kappa shape index (κ2) is 6.31. The lowest BCUT2D eigenvalue weighted by atomic mass is 10.1. The van der Waals surface area contributed by atoms with Gasteiger partial charge in [0.2, 0.25) is 0 Å². The van der Waals surface area contributed by atoms with Gasteiger partial charge in [-0.25, -0.2) is 0 Å². The minimum atomic E-state index is 0.114. The number of benzene rings is 1. The Kier molecular flexibility index (Phi) is 4.41. The first-order chi connectivity index (χ1) is 10.6. The minimum absolute atomic E-state index is 0.114. The molecule has 0 bridgehead atoms. The summed E-state index contributed by atoms with van der Waals surface area (Å²) in [5, 5.41) is 0. The molecule has 0 atom stereocenters. The van der Waals surface area contributed by atoms with Crippen LogP contribution in [-0.2, 0) is 17.1 Å². The van der Waals surface area contributed by atoms with E-state index in [9.17, 15) is 4.79 Å². The Morgan fingerprint density at radius 2 is 1.95 bits per heavy atom. The minimum Gasteiger partial charge on any atom is -0.337 e. The zero-order chi connectivity index (χ0) is 15.7. The largest absolute Gasteiger partial charge is 0.337 e. The summed E-state index contributed by atoms with van der Waals surface area (Å²) >= 11 is 3.45. The number of thioether (sulfide) groups is 1. The number of hydrogen-bond donors (Lipinski definition) is 0. The molecule has 4 heteroatoms. The Morgan fingerprint density at radius 3 is 2.68 bits per heavy atom. The lowest BCUT2D eigenvalue weighted by Crippen LogP contribution is -2.27. The Morgan fingerprint density at radius 1 is 1.23 bits per heavy atom. The fourth-order valence-electron chi connectivity index (χ4n) is 2.55. The number of nitrogens with zero attached hydrogens (tertiary/aromatic N) is 1. The predicted octanol–water partition coefficient (Wildman–Crippen LogP) is 4.61. The highest BCUT2D eigenvalue weighted by atomic mass is 32.2. The second-order valence-electron chi connectivity index (χ2n) is 5.57. The number of amides is 1. The Bertz CT molecular complexity index is 731. The topological polar surface area (TPSA) is 20.3 Å². The van der Waals surface area contributed by atoms with E-state index in [1.807, 2.05) is 25.2 Å². The quantitative estimate of drug-likeness (QED) is 0.819. The fourth-order valence-corrected chi connectivity index (χ4v) is 5.00.